The van der Waals surface area contributed by atoms with E-state index in [9.17, 15) is 4.79 Å². The Balaban J connectivity index is 2.26. The molecule has 0 spiro atoms. The van der Waals surface area contributed by atoms with Crippen LogP contribution in [0.3, 0.4) is 0 Å². The normalized spacial score (nSPS) is 17.2. The molecule has 0 aromatic carbocycles. The number of carbonyl (C=O) groups is 1. The number of carbonyl (C=O) groups excluding carboxylic acids is 1. The Morgan fingerprint density at radius 2 is 2.17 bits per heavy atom. The maximum Gasteiger partial charge on any atom is 0.219 e. The van der Waals surface area contributed by atoms with Crippen LogP contribution >= 0.6 is 0 Å². The summed E-state index contributed by atoms with van der Waals surface area (Å²) < 4.78 is 0. The van der Waals surface area contributed by atoms with Crippen molar-refractivity contribution in [2.24, 2.45) is 5.92 Å². The van der Waals surface area contributed by atoms with Crippen molar-refractivity contribution in [3.63, 3.8) is 0 Å². The molecular weight excluding hydrogens is 150 g/mol. The minimum atomic E-state index is 0.240. The van der Waals surface area contributed by atoms with Gasteiger partial charge in [-0.3, -0.25) is 4.79 Å². The van der Waals surface area contributed by atoms with Gasteiger partial charge in [0.2, 0.25) is 5.91 Å². The number of hydrogen-bond acceptors (Lipinski definition) is 1. The highest BCUT2D eigenvalue weighted by atomic mass is 16.2. The molecule has 1 fully saturated rings. The third-order valence-electron chi connectivity index (χ3n) is 2.64. The van der Waals surface area contributed by atoms with Gasteiger partial charge in [0, 0.05) is 20.0 Å². The van der Waals surface area contributed by atoms with Crippen LogP contribution in [0, 0.1) is 5.92 Å². The molecule has 0 saturated heterocycles. The summed E-state index contributed by atoms with van der Waals surface area (Å²) in [4.78, 5) is 13.1. The Hall–Kier alpha value is -0.530. The van der Waals surface area contributed by atoms with E-state index >= 15 is 0 Å². The van der Waals surface area contributed by atoms with Crippen LogP contribution in [0.15, 0.2) is 0 Å². The van der Waals surface area contributed by atoms with Crippen LogP contribution in [0.1, 0.15) is 39.5 Å². The van der Waals surface area contributed by atoms with E-state index in [-0.39, 0.29) is 5.91 Å². The van der Waals surface area contributed by atoms with Gasteiger partial charge in [-0.2, -0.15) is 0 Å². The largest absolute Gasteiger partial charge is 0.343 e. The van der Waals surface area contributed by atoms with E-state index < -0.39 is 0 Å². The predicted octanol–water partition coefficient (Wildman–Crippen LogP) is 2.04. The van der Waals surface area contributed by atoms with E-state index in [4.69, 9.17) is 0 Å². The molecule has 0 atom stereocenters. The van der Waals surface area contributed by atoms with Crippen LogP contribution in [-0.4, -0.2) is 23.9 Å². The first-order valence-electron chi connectivity index (χ1n) is 4.99. The van der Waals surface area contributed by atoms with E-state index in [0.29, 0.717) is 0 Å². The van der Waals surface area contributed by atoms with Crippen molar-refractivity contribution in [3.8, 4) is 0 Å². The number of rotatable bonds is 4. The Bertz CT molecular complexity index is 152. The summed E-state index contributed by atoms with van der Waals surface area (Å²) in [7, 11) is 0. The summed E-state index contributed by atoms with van der Waals surface area (Å²) in [5.41, 5.74) is 0. The Morgan fingerprint density at radius 3 is 2.50 bits per heavy atom. The summed E-state index contributed by atoms with van der Waals surface area (Å²) in [5, 5.41) is 0. The summed E-state index contributed by atoms with van der Waals surface area (Å²) in [6, 6.07) is 0. The first-order chi connectivity index (χ1) is 5.74. The topological polar surface area (TPSA) is 20.3 Å². The molecule has 12 heavy (non-hydrogen) atoms. The summed E-state index contributed by atoms with van der Waals surface area (Å²) >= 11 is 0. The van der Waals surface area contributed by atoms with Crippen molar-refractivity contribution >= 4 is 5.91 Å². The second-order valence-corrected chi connectivity index (χ2v) is 3.76. The average Bonchev–Trinajstić information content (AvgIpc) is 1.93. The second-order valence-electron chi connectivity index (χ2n) is 3.76. The maximum absolute atomic E-state index is 11.1. The van der Waals surface area contributed by atoms with Gasteiger partial charge in [-0.15, -0.1) is 0 Å². The minimum absolute atomic E-state index is 0.240. The molecule has 70 valence electrons. The van der Waals surface area contributed by atoms with Gasteiger partial charge >= 0.3 is 0 Å². The van der Waals surface area contributed by atoms with Crippen molar-refractivity contribution in [1.82, 2.24) is 4.90 Å². The van der Waals surface area contributed by atoms with Crippen LogP contribution < -0.4 is 0 Å². The lowest BCUT2D eigenvalue weighted by atomic mass is 9.85. The third kappa shape index (κ3) is 2.50. The second kappa shape index (κ2) is 4.48. The van der Waals surface area contributed by atoms with Gasteiger partial charge in [-0.1, -0.05) is 13.3 Å². The molecule has 0 radical (unpaired) electrons. The maximum atomic E-state index is 11.1. The van der Waals surface area contributed by atoms with Crippen molar-refractivity contribution in [2.75, 3.05) is 13.1 Å². The molecule has 0 N–H and O–H groups in total. The standard InChI is InChI=1S/C10H19NO/c1-3-7-11(9(2)12)8-10-5-4-6-10/h10H,3-8H2,1-2H3. The van der Waals surface area contributed by atoms with E-state index in [1.54, 1.807) is 6.92 Å². The van der Waals surface area contributed by atoms with E-state index in [2.05, 4.69) is 6.92 Å². The van der Waals surface area contributed by atoms with Crippen molar-refractivity contribution < 1.29 is 4.79 Å². The first kappa shape index (κ1) is 9.56. The van der Waals surface area contributed by atoms with Crippen LogP contribution in [0.4, 0.5) is 0 Å². The lowest BCUT2D eigenvalue weighted by Gasteiger charge is -2.31. The van der Waals surface area contributed by atoms with E-state index in [0.717, 1.165) is 25.4 Å². The molecule has 2 heteroatoms. The smallest absolute Gasteiger partial charge is 0.219 e. The molecule has 1 aliphatic rings. The molecule has 1 amide bonds. The highest BCUT2D eigenvalue weighted by molar-refractivity contribution is 5.73. The quantitative estimate of drug-likeness (QED) is 0.630. The molecular formula is C10H19NO. The number of nitrogens with zero attached hydrogens (tertiary/aromatic N) is 1. The van der Waals surface area contributed by atoms with Crippen molar-refractivity contribution in [2.45, 2.75) is 39.5 Å². The van der Waals surface area contributed by atoms with Gasteiger partial charge in [0.1, 0.15) is 0 Å². The van der Waals surface area contributed by atoms with Crippen LogP contribution in [0.25, 0.3) is 0 Å². The fourth-order valence-corrected chi connectivity index (χ4v) is 1.63. The van der Waals surface area contributed by atoms with Gasteiger partial charge in [0.05, 0.1) is 0 Å². The fourth-order valence-electron chi connectivity index (χ4n) is 1.63. The summed E-state index contributed by atoms with van der Waals surface area (Å²) in [6.45, 7) is 5.74. The molecule has 0 aliphatic heterocycles. The molecule has 2 nitrogen and oxygen atoms in total. The Kier molecular flexibility index (Phi) is 3.57. The average molecular weight is 169 g/mol. The lowest BCUT2D eigenvalue weighted by Crippen LogP contribution is -2.36. The molecule has 1 saturated carbocycles. The van der Waals surface area contributed by atoms with E-state index in [1.165, 1.54) is 19.3 Å². The zero-order chi connectivity index (χ0) is 8.97. The van der Waals surface area contributed by atoms with Gasteiger partial charge in [0.15, 0.2) is 0 Å². The van der Waals surface area contributed by atoms with Gasteiger partial charge in [-0.05, 0) is 25.2 Å². The SMILES string of the molecule is CCCN(CC1CCC1)C(C)=O. The third-order valence-corrected chi connectivity index (χ3v) is 2.64. The van der Waals surface area contributed by atoms with Gasteiger partial charge < -0.3 is 4.90 Å². The fraction of sp³-hybridized carbons (Fsp3) is 0.900. The molecule has 0 heterocycles. The van der Waals surface area contributed by atoms with E-state index in [1.807, 2.05) is 4.90 Å². The van der Waals surface area contributed by atoms with Crippen molar-refractivity contribution in [3.05, 3.63) is 0 Å². The predicted molar refractivity (Wildman–Crippen MR) is 49.9 cm³/mol. The Labute approximate surface area is 74.9 Å². The summed E-state index contributed by atoms with van der Waals surface area (Å²) in [6.07, 6.45) is 5.09. The monoisotopic (exact) mass is 169 g/mol. The highest BCUT2D eigenvalue weighted by Crippen LogP contribution is 2.27. The molecule has 0 bridgehead atoms. The molecule has 1 aliphatic carbocycles. The highest BCUT2D eigenvalue weighted by Gasteiger charge is 2.21. The van der Waals surface area contributed by atoms with Crippen LogP contribution in [0.2, 0.25) is 0 Å². The Morgan fingerprint density at radius 1 is 1.50 bits per heavy atom. The summed E-state index contributed by atoms with van der Waals surface area (Å²) in [5.74, 6) is 1.05. The first-order valence-corrected chi connectivity index (χ1v) is 4.99. The lowest BCUT2D eigenvalue weighted by molar-refractivity contribution is -0.129. The molecule has 0 aromatic heterocycles. The number of hydrogen-bond donors (Lipinski definition) is 0. The van der Waals surface area contributed by atoms with Crippen LogP contribution in [-0.2, 0) is 4.79 Å². The van der Waals surface area contributed by atoms with Crippen LogP contribution in [0.5, 0.6) is 0 Å². The van der Waals surface area contributed by atoms with Gasteiger partial charge in [0.25, 0.3) is 0 Å². The molecule has 0 unspecified atom stereocenters. The minimum Gasteiger partial charge on any atom is -0.343 e. The van der Waals surface area contributed by atoms with Crippen molar-refractivity contribution in [1.29, 1.82) is 0 Å². The number of amides is 1. The zero-order valence-corrected chi connectivity index (χ0v) is 8.18. The van der Waals surface area contributed by atoms with Gasteiger partial charge in [-0.25, -0.2) is 0 Å². The molecule has 0 aromatic rings. The zero-order valence-electron chi connectivity index (χ0n) is 8.18. The molecule has 1 rings (SSSR count).